The normalized spacial score (nSPS) is 17.4. The molecule has 0 bridgehead atoms. The first kappa shape index (κ1) is 29.3. The van der Waals surface area contributed by atoms with E-state index < -0.39 is 66.7 Å². The van der Waals surface area contributed by atoms with Crippen LogP contribution in [0, 0.1) is 0 Å². The molecular formula is C13H15ClF12O4. The Morgan fingerprint density at radius 2 is 1.00 bits per heavy atom. The van der Waals surface area contributed by atoms with Gasteiger partial charge in [0.25, 0.3) is 0 Å². The number of rotatable bonds is 12. The molecule has 0 aromatic carbocycles. The minimum atomic E-state index is -7.92. The molecule has 0 spiro atoms. The van der Waals surface area contributed by atoms with Gasteiger partial charge in [-0.1, -0.05) is 0 Å². The van der Waals surface area contributed by atoms with Crippen LogP contribution in [0.15, 0.2) is 0 Å². The molecule has 0 unspecified atom stereocenters. The second-order valence-corrected chi connectivity index (χ2v) is 6.11. The maximum atomic E-state index is 13.8. The highest BCUT2D eigenvalue weighted by atomic mass is 35.5. The average molecular weight is 499 g/mol. The van der Waals surface area contributed by atoms with Gasteiger partial charge in [0.2, 0.25) is 0 Å². The van der Waals surface area contributed by atoms with Crippen LogP contribution in [-0.2, 0) is 9.47 Å². The molecule has 0 saturated heterocycles. The third-order valence-corrected chi connectivity index (χ3v) is 3.83. The van der Waals surface area contributed by atoms with Crippen LogP contribution in [0.5, 0.6) is 0 Å². The summed E-state index contributed by atoms with van der Waals surface area (Å²) in [6.45, 7) is 1.31. The summed E-state index contributed by atoms with van der Waals surface area (Å²) in [6.07, 6.45) is -10.0. The summed E-state index contributed by atoms with van der Waals surface area (Å²) in [5, 5.41) is 12.1. The maximum Gasteiger partial charge on any atom is 0.393 e. The van der Waals surface area contributed by atoms with Crippen molar-refractivity contribution in [1.29, 1.82) is 0 Å². The molecule has 2 atom stereocenters. The van der Waals surface area contributed by atoms with Gasteiger partial charge in [0, 0.05) is 13.2 Å². The van der Waals surface area contributed by atoms with Crippen molar-refractivity contribution in [3.63, 3.8) is 0 Å². The predicted octanol–water partition coefficient (Wildman–Crippen LogP) is 4.12. The lowest BCUT2D eigenvalue weighted by Crippen LogP contribution is -2.72. The minimum Gasteiger partial charge on any atom is -0.385 e. The predicted molar refractivity (Wildman–Crippen MR) is 74.6 cm³/mol. The zero-order chi connectivity index (χ0) is 24.6. The quantitative estimate of drug-likeness (QED) is 0.242. The van der Waals surface area contributed by atoms with Crippen molar-refractivity contribution in [2.45, 2.75) is 67.3 Å². The highest BCUT2D eigenvalue weighted by Gasteiger charge is 2.91. The van der Waals surface area contributed by atoms with Gasteiger partial charge < -0.3 is 19.7 Å². The molecular weight excluding hydrogens is 484 g/mol. The van der Waals surface area contributed by atoms with Gasteiger partial charge in [0.05, 0.1) is 0 Å². The fourth-order valence-electron chi connectivity index (χ4n) is 1.90. The van der Waals surface area contributed by atoms with Crippen molar-refractivity contribution in [2.24, 2.45) is 0 Å². The molecule has 0 saturated carbocycles. The van der Waals surface area contributed by atoms with Crippen molar-refractivity contribution < 1.29 is 72.4 Å². The molecule has 0 rings (SSSR count). The lowest BCUT2D eigenvalue weighted by atomic mass is 9.90. The van der Waals surface area contributed by atoms with E-state index in [0.717, 1.165) is 13.8 Å². The fourth-order valence-corrected chi connectivity index (χ4v) is 2.02. The van der Waals surface area contributed by atoms with E-state index in [1.165, 1.54) is 0 Å². The second-order valence-electron chi connectivity index (χ2n) is 5.63. The molecule has 0 aromatic rings. The molecule has 182 valence electrons. The highest BCUT2D eigenvalue weighted by molar-refractivity contribution is 6.22. The van der Waals surface area contributed by atoms with Crippen LogP contribution in [0.4, 0.5) is 52.7 Å². The van der Waals surface area contributed by atoms with E-state index in [4.69, 9.17) is 0 Å². The monoisotopic (exact) mass is 498 g/mol. The Bertz CT molecular complexity index is 563. The molecule has 0 aliphatic heterocycles. The molecule has 0 aliphatic rings. The van der Waals surface area contributed by atoms with E-state index in [1.807, 2.05) is 0 Å². The summed E-state index contributed by atoms with van der Waals surface area (Å²) in [4.78, 5) is 0. The smallest absolute Gasteiger partial charge is 0.385 e. The Labute approximate surface area is 165 Å². The first-order valence-electron chi connectivity index (χ1n) is 7.64. The molecule has 30 heavy (non-hydrogen) atoms. The largest absolute Gasteiger partial charge is 0.393 e. The summed E-state index contributed by atoms with van der Waals surface area (Å²) < 4.78 is 168. The Morgan fingerprint density at radius 3 is 1.30 bits per heavy atom. The standard InChI is InChI=1S/C13H15ClF12O4/c1-3-29-7(30-4-2)5(27)6(28)8(15,16)9(17,18)10(19,20)11(21,22)12(23,24)13(14,25)26/h5-7,27-28H,3-4H2,1-2H3/t5-,6-/m1/s1. The van der Waals surface area contributed by atoms with Crippen molar-refractivity contribution in [3.8, 4) is 0 Å². The number of aliphatic hydroxyl groups excluding tert-OH is 2. The lowest BCUT2D eigenvalue weighted by Gasteiger charge is -2.42. The van der Waals surface area contributed by atoms with Gasteiger partial charge in [-0.2, -0.15) is 52.7 Å². The average Bonchev–Trinajstić information content (AvgIpc) is 2.58. The third kappa shape index (κ3) is 4.56. The molecule has 0 amide bonds. The molecule has 0 fully saturated rings. The maximum absolute atomic E-state index is 13.8. The summed E-state index contributed by atoms with van der Waals surface area (Å²) in [5.41, 5.74) is 0. The Kier molecular flexibility index (Phi) is 8.82. The number of ether oxygens (including phenoxy) is 2. The van der Waals surface area contributed by atoms with Crippen molar-refractivity contribution in [2.75, 3.05) is 13.2 Å². The van der Waals surface area contributed by atoms with Crippen LogP contribution in [0.1, 0.15) is 13.8 Å². The molecule has 0 aliphatic carbocycles. The van der Waals surface area contributed by atoms with Crippen molar-refractivity contribution in [1.82, 2.24) is 0 Å². The van der Waals surface area contributed by atoms with Gasteiger partial charge in [-0.3, -0.25) is 0 Å². The number of halogens is 13. The summed E-state index contributed by atoms with van der Waals surface area (Å²) in [5.74, 6) is -37.7. The molecule has 0 radical (unpaired) electrons. The van der Waals surface area contributed by atoms with Crippen LogP contribution in [0.2, 0.25) is 0 Å². The number of aliphatic hydroxyl groups is 2. The van der Waals surface area contributed by atoms with E-state index in [1.54, 1.807) is 0 Å². The molecule has 0 aromatic heterocycles. The van der Waals surface area contributed by atoms with Crippen LogP contribution < -0.4 is 0 Å². The zero-order valence-corrected chi connectivity index (χ0v) is 15.5. The van der Waals surface area contributed by atoms with Crippen LogP contribution in [-0.4, -0.2) is 76.9 Å². The number of alkyl halides is 13. The Balaban J connectivity index is 6.29. The van der Waals surface area contributed by atoms with E-state index in [-0.39, 0.29) is 0 Å². The van der Waals surface area contributed by atoms with Gasteiger partial charge in [-0.15, -0.1) is 0 Å². The minimum absolute atomic E-state index is 0.484. The lowest BCUT2D eigenvalue weighted by molar-refractivity contribution is -0.427. The Hall–Kier alpha value is -0.710. The SMILES string of the molecule is CCOC(OCC)[C@H](O)[C@@H](O)C(F)(F)C(F)(F)C(F)(F)C(F)(F)C(F)(F)C(F)(F)Cl. The van der Waals surface area contributed by atoms with E-state index in [0.29, 0.717) is 0 Å². The van der Waals surface area contributed by atoms with Gasteiger partial charge >= 0.3 is 35.0 Å². The molecule has 2 N–H and O–H groups in total. The highest BCUT2D eigenvalue weighted by Crippen LogP contribution is 2.61. The molecule has 0 heterocycles. The van der Waals surface area contributed by atoms with E-state index in [2.05, 4.69) is 21.1 Å². The summed E-state index contributed by atoms with van der Waals surface area (Å²) >= 11 is 3.55. The number of hydrogen-bond donors (Lipinski definition) is 2. The van der Waals surface area contributed by atoms with Crippen LogP contribution in [0.3, 0.4) is 0 Å². The van der Waals surface area contributed by atoms with Crippen molar-refractivity contribution in [3.05, 3.63) is 0 Å². The van der Waals surface area contributed by atoms with E-state index >= 15 is 0 Å². The summed E-state index contributed by atoms with van der Waals surface area (Å²) in [6, 6.07) is 0. The van der Waals surface area contributed by atoms with Gasteiger partial charge in [-0.25, -0.2) is 0 Å². The fraction of sp³-hybridized carbons (Fsp3) is 1.00. The number of hydrogen-bond acceptors (Lipinski definition) is 4. The third-order valence-electron chi connectivity index (χ3n) is 3.59. The topological polar surface area (TPSA) is 58.9 Å². The van der Waals surface area contributed by atoms with Gasteiger partial charge in [-0.05, 0) is 25.4 Å². The van der Waals surface area contributed by atoms with E-state index in [9.17, 15) is 62.9 Å². The van der Waals surface area contributed by atoms with Crippen molar-refractivity contribution >= 4 is 11.6 Å². The van der Waals surface area contributed by atoms with Crippen LogP contribution >= 0.6 is 11.6 Å². The second kappa shape index (κ2) is 9.03. The molecule has 17 heteroatoms. The van der Waals surface area contributed by atoms with Gasteiger partial charge in [0.1, 0.15) is 6.10 Å². The molecule has 4 nitrogen and oxygen atoms in total. The summed E-state index contributed by atoms with van der Waals surface area (Å²) in [7, 11) is 0. The Morgan fingerprint density at radius 1 is 0.667 bits per heavy atom. The van der Waals surface area contributed by atoms with Gasteiger partial charge in [0.15, 0.2) is 12.4 Å². The van der Waals surface area contributed by atoms with Crippen LogP contribution in [0.25, 0.3) is 0 Å². The first-order chi connectivity index (χ1) is 13.1. The zero-order valence-electron chi connectivity index (χ0n) is 14.8. The first-order valence-corrected chi connectivity index (χ1v) is 8.02.